The lowest BCUT2D eigenvalue weighted by atomic mass is 10.3. The van der Waals surface area contributed by atoms with Gasteiger partial charge in [-0.05, 0) is 18.4 Å². The van der Waals surface area contributed by atoms with E-state index in [0.717, 1.165) is 0 Å². The molecular weight excluding hydrogens is 190 g/mol. The van der Waals surface area contributed by atoms with Crippen LogP contribution in [0.5, 0.6) is 0 Å². The summed E-state index contributed by atoms with van der Waals surface area (Å²) in [6, 6.07) is 3.46. The molecule has 0 unspecified atom stereocenters. The summed E-state index contributed by atoms with van der Waals surface area (Å²) >= 11 is 1.32. The topological polar surface area (TPSA) is 58.9 Å². The molecule has 0 saturated heterocycles. The third-order valence-electron chi connectivity index (χ3n) is 1.24. The fraction of sp³-hybridized carbons (Fsp3) is 0.250. The number of aliphatic carboxylic acids is 1. The van der Waals surface area contributed by atoms with Crippen LogP contribution in [-0.4, -0.2) is 23.4 Å². The smallest absolute Gasteiger partial charge is 0.359 e. The van der Waals surface area contributed by atoms with E-state index in [1.54, 1.807) is 24.4 Å². The van der Waals surface area contributed by atoms with Gasteiger partial charge >= 0.3 is 5.97 Å². The Morgan fingerprint density at radius 3 is 3.00 bits per heavy atom. The first-order chi connectivity index (χ1) is 6.25. The molecule has 0 aliphatic carbocycles. The van der Waals surface area contributed by atoms with Crippen molar-refractivity contribution in [3.8, 4) is 0 Å². The standard InChI is InChI=1S/C8H9NO3S/c1-2-12-9-7(8(10)11)6-4-3-5-13-6/h3-5H,2H2,1H3,(H,10,11). The number of rotatable bonds is 4. The molecule has 0 bridgehead atoms. The van der Waals surface area contributed by atoms with Crippen molar-refractivity contribution in [1.82, 2.24) is 0 Å². The second-order valence-electron chi connectivity index (χ2n) is 2.14. The Kier molecular flexibility index (Phi) is 3.45. The van der Waals surface area contributed by atoms with Gasteiger partial charge in [-0.15, -0.1) is 11.3 Å². The van der Waals surface area contributed by atoms with Gasteiger partial charge in [-0.2, -0.15) is 0 Å². The van der Waals surface area contributed by atoms with Crippen LogP contribution in [0.25, 0.3) is 0 Å². The summed E-state index contributed by atoms with van der Waals surface area (Å²) in [6.45, 7) is 2.11. The molecule has 5 heteroatoms. The van der Waals surface area contributed by atoms with E-state index in [1.807, 2.05) is 0 Å². The number of carboxylic acids is 1. The van der Waals surface area contributed by atoms with Gasteiger partial charge in [0.05, 0.1) is 4.88 Å². The van der Waals surface area contributed by atoms with Crippen LogP contribution in [0, 0.1) is 0 Å². The molecular formula is C8H9NO3S. The number of nitrogens with zero attached hydrogens (tertiary/aromatic N) is 1. The van der Waals surface area contributed by atoms with E-state index >= 15 is 0 Å². The zero-order valence-corrected chi connectivity index (χ0v) is 7.87. The number of carboxylic acid groups (broad SMARTS) is 1. The highest BCUT2D eigenvalue weighted by Crippen LogP contribution is 2.10. The molecule has 0 radical (unpaired) electrons. The lowest BCUT2D eigenvalue weighted by Crippen LogP contribution is -2.13. The van der Waals surface area contributed by atoms with Gasteiger partial charge in [0.1, 0.15) is 6.61 Å². The summed E-state index contributed by atoms with van der Waals surface area (Å²) in [5, 5.41) is 14.1. The highest BCUT2D eigenvalue weighted by Gasteiger charge is 2.13. The highest BCUT2D eigenvalue weighted by atomic mass is 32.1. The third-order valence-corrected chi connectivity index (χ3v) is 2.12. The van der Waals surface area contributed by atoms with E-state index in [0.29, 0.717) is 11.5 Å². The van der Waals surface area contributed by atoms with E-state index in [2.05, 4.69) is 5.16 Å². The Bertz CT molecular complexity index is 305. The monoisotopic (exact) mass is 199 g/mol. The first-order valence-electron chi connectivity index (χ1n) is 3.72. The van der Waals surface area contributed by atoms with Gasteiger partial charge in [-0.25, -0.2) is 4.79 Å². The van der Waals surface area contributed by atoms with Crippen molar-refractivity contribution in [2.45, 2.75) is 6.92 Å². The van der Waals surface area contributed by atoms with Gasteiger partial charge in [-0.1, -0.05) is 11.2 Å². The van der Waals surface area contributed by atoms with Crippen molar-refractivity contribution in [2.75, 3.05) is 6.61 Å². The molecule has 1 rings (SSSR count). The summed E-state index contributed by atoms with van der Waals surface area (Å²) in [5.74, 6) is -1.07. The molecule has 1 heterocycles. The number of hydrogen-bond acceptors (Lipinski definition) is 4. The van der Waals surface area contributed by atoms with Crippen LogP contribution < -0.4 is 0 Å². The fourth-order valence-electron chi connectivity index (χ4n) is 0.732. The lowest BCUT2D eigenvalue weighted by molar-refractivity contribution is -0.129. The minimum Gasteiger partial charge on any atom is -0.476 e. The van der Waals surface area contributed by atoms with Gasteiger partial charge in [0.2, 0.25) is 5.71 Å². The van der Waals surface area contributed by atoms with Crippen molar-refractivity contribution in [2.24, 2.45) is 5.16 Å². The van der Waals surface area contributed by atoms with Crippen molar-refractivity contribution in [1.29, 1.82) is 0 Å². The van der Waals surface area contributed by atoms with Crippen LogP contribution in [0.4, 0.5) is 0 Å². The number of oxime groups is 1. The van der Waals surface area contributed by atoms with Gasteiger partial charge in [0.25, 0.3) is 0 Å². The van der Waals surface area contributed by atoms with Crippen LogP contribution in [0.1, 0.15) is 11.8 Å². The first kappa shape index (κ1) is 9.73. The van der Waals surface area contributed by atoms with Gasteiger partial charge in [0.15, 0.2) is 0 Å². The molecule has 13 heavy (non-hydrogen) atoms. The van der Waals surface area contributed by atoms with Crippen LogP contribution in [-0.2, 0) is 9.63 Å². The Morgan fingerprint density at radius 2 is 2.54 bits per heavy atom. The normalized spacial score (nSPS) is 11.3. The summed E-state index contributed by atoms with van der Waals surface area (Å²) in [7, 11) is 0. The molecule has 0 saturated carbocycles. The molecule has 0 aliphatic rings. The maximum atomic E-state index is 10.7. The summed E-state index contributed by atoms with van der Waals surface area (Å²) < 4.78 is 0. The van der Waals surface area contributed by atoms with Gasteiger partial charge < -0.3 is 9.94 Å². The average Bonchev–Trinajstić information content (AvgIpc) is 2.57. The Hall–Kier alpha value is -1.36. The minimum absolute atomic E-state index is 0.0446. The van der Waals surface area contributed by atoms with Crippen LogP contribution >= 0.6 is 11.3 Å². The number of carbonyl (C=O) groups is 1. The van der Waals surface area contributed by atoms with E-state index in [1.165, 1.54) is 11.3 Å². The molecule has 70 valence electrons. The van der Waals surface area contributed by atoms with Crippen LogP contribution in [0.15, 0.2) is 22.7 Å². The molecule has 1 N–H and O–H groups in total. The predicted octanol–water partition coefficient (Wildman–Crippen LogP) is 1.57. The quantitative estimate of drug-likeness (QED) is 0.591. The lowest BCUT2D eigenvalue weighted by Gasteiger charge is -1.97. The predicted molar refractivity (Wildman–Crippen MR) is 50.1 cm³/mol. The van der Waals surface area contributed by atoms with Crippen molar-refractivity contribution >= 4 is 23.0 Å². The molecule has 1 aromatic heterocycles. The Morgan fingerprint density at radius 1 is 1.77 bits per heavy atom. The van der Waals surface area contributed by atoms with Crippen molar-refractivity contribution < 1.29 is 14.7 Å². The highest BCUT2D eigenvalue weighted by molar-refractivity contribution is 7.13. The van der Waals surface area contributed by atoms with E-state index in [-0.39, 0.29) is 5.71 Å². The molecule has 0 aliphatic heterocycles. The largest absolute Gasteiger partial charge is 0.476 e. The fourth-order valence-corrected chi connectivity index (χ4v) is 1.43. The summed E-state index contributed by atoms with van der Waals surface area (Å²) in [4.78, 5) is 16.0. The van der Waals surface area contributed by atoms with Crippen molar-refractivity contribution in [3.05, 3.63) is 22.4 Å². The van der Waals surface area contributed by atoms with E-state index in [4.69, 9.17) is 9.94 Å². The van der Waals surface area contributed by atoms with Crippen molar-refractivity contribution in [3.63, 3.8) is 0 Å². The van der Waals surface area contributed by atoms with E-state index < -0.39 is 5.97 Å². The zero-order valence-electron chi connectivity index (χ0n) is 7.06. The van der Waals surface area contributed by atoms with Crippen LogP contribution in [0.3, 0.4) is 0 Å². The second kappa shape index (κ2) is 4.61. The number of thiophene rings is 1. The minimum atomic E-state index is -1.07. The zero-order chi connectivity index (χ0) is 9.68. The molecule has 1 aromatic rings. The molecule has 0 fully saturated rings. The van der Waals surface area contributed by atoms with E-state index in [9.17, 15) is 4.79 Å². The SMILES string of the molecule is CCON=C(C(=O)O)c1cccs1. The molecule has 0 spiro atoms. The second-order valence-corrected chi connectivity index (χ2v) is 3.09. The molecule has 0 amide bonds. The first-order valence-corrected chi connectivity index (χ1v) is 4.60. The Balaban J connectivity index is 2.87. The molecule has 0 atom stereocenters. The average molecular weight is 199 g/mol. The third kappa shape index (κ3) is 2.55. The van der Waals surface area contributed by atoms with Gasteiger partial charge in [-0.3, -0.25) is 0 Å². The Labute approximate surface area is 79.5 Å². The summed E-state index contributed by atoms with van der Waals surface area (Å²) in [5.41, 5.74) is -0.0446. The molecule has 4 nitrogen and oxygen atoms in total. The summed E-state index contributed by atoms with van der Waals surface area (Å²) in [6.07, 6.45) is 0. The maximum absolute atomic E-state index is 10.7. The molecule has 0 aromatic carbocycles. The number of hydrogen-bond donors (Lipinski definition) is 1. The maximum Gasteiger partial charge on any atom is 0.359 e. The van der Waals surface area contributed by atoms with Gasteiger partial charge in [0, 0.05) is 0 Å². The van der Waals surface area contributed by atoms with Crippen LogP contribution in [0.2, 0.25) is 0 Å².